The van der Waals surface area contributed by atoms with Gasteiger partial charge >= 0.3 is 0 Å². The molecule has 1 aromatic heterocycles. The van der Waals surface area contributed by atoms with Crippen LogP contribution in [0.3, 0.4) is 0 Å². The largest absolute Gasteiger partial charge is 0.387 e. The van der Waals surface area contributed by atoms with E-state index in [0.717, 1.165) is 0 Å². The third-order valence-electron chi connectivity index (χ3n) is 4.33. The van der Waals surface area contributed by atoms with E-state index in [1.54, 1.807) is 24.4 Å². The number of nitrogens with one attached hydrogen (secondary N) is 1. The highest BCUT2D eigenvalue weighted by Crippen LogP contribution is 2.50. The minimum absolute atomic E-state index is 0.0317. The molecule has 0 aromatic carbocycles. The molecule has 0 aliphatic heterocycles. The molecule has 1 fully saturated rings. The second-order valence-electron chi connectivity index (χ2n) is 5.80. The molecule has 110 valence electrons. The Labute approximate surface area is 119 Å². The number of carbonyl (C=O) groups is 1. The average molecular weight is 278 g/mol. The molecule has 5 heteroatoms. The molecule has 0 bridgehead atoms. The van der Waals surface area contributed by atoms with E-state index in [2.05, 4.69) is 10.3 Å². The number of rotatable bonds is 5. The normalized spacial score (nSPS) is 27.7. The first-order valence-corrected chi connectivity index (χ1v) is 6.94. The first-order chi connectivity index (χ1) is 9.40. The highest BCUT2D eigenvalue weighted by molar-refractivity contribution is 5.92. The molecule has 2 rings (SSSR count). The number of ether oxygens (including phenoxy) is 1. The van der Waals surface area contributed by atoms with E-state index in [-0.39, 0.29) is 24.0 Å². The Kier molecular flexibility index (Phi) is 4.11. The monoisotopic (exact) mass is 278 g/mol. The van der Waals surface area contributed by atoms with Crippen molar-refractivity contribution < 1.29 is 14.6 Å². The van der Waals surface area contributed by atoms with Gasteiger partial charge in [0.15, 0.2) is 0 Å². The molecular formula is C15H22N2O3. The van der Waals surface area contributed by atoms with Crippen molar-refractivity contribution in [1.82, 2.24) is 10.3 Å². The summed E-state index contributed by atoms with van der Waals surface area (Å²) in [5.41, 5.74) is -0.952. The summed E-state index contributed by atoms with van der Waals surface area (Å²) in [4.78, 5) is 15.9. The highest BCUT2D eigenvalue weighted by atomic mass is 16.5. The number of aromatic nitrogens is 1. The summed E-state index contributed by atoms with van der Waals surface area (Å²) >= 11 is 0. The van der Waals surface area contributed by atoms with Crippen LogP contribution in [0.4, 0.5) is 0 Å². The van der Waals surface area contributed by atoms with Crippen molar-refractivity contribution in [2.45, 2.75) is 38.9 Å². The first kappa shape index (κ1) is 14.9. The molecule has 2 N–H and O–H groups in total. The lowest BCUT2D eigenvalue weighted by Crippen LogP contribution is -2.68. The summed E-state index contributed by atoms with van der Waals surface area (Å²) in [5, 5.41) is 13.4. The van der Waals surface area contributed by atoms with Crippen molar-refractivity contribution in [3.05, 3.63) is 30.1 Å². The van der Waals surface area contributed by atoms with Crippen molar-refractivity contribution >= 4 is 5.91 Å². The molecule has 0 saturated heterocycles. The van der Waals surface area contributed by atoms with Crippen molar-refractivity contribution in [2.75, 3.05) is 13.2 Å². The maximum atomic E-state index is 11.9. The Hall–Kier alpha value is -1.46. The van der Waals surface area contributed by atoms with Crippen LogP contribution < -0.4 is 5.32 Å². The van der Waals surface area contributed by atoms with Gasteiger partial charge in [0.2, 0.25) is 0 Å². The van der Waals surface area contributed by atoms with Crippen LogP contribution in [-0.2, 0) is 4.74 Å². The van der Waals surface area contributed by atoms with Gasteiger partial charge in [-0.15, -0.1) is 0 Å². The summed E-state index contributed by atoms with van der Waals surface area (Å²) in [6, 6.07) is 5.16. The summed E-state index contributed by atoms with van der Waals surface area (Å²) in [6.07, 6.45) is 2.14. The van der Waals surface area contributed by atoms with Gasteiger partial charge in [0, 0.05) is 31.2 Å². The number of nitrogens with zero attached hydrogens (tertiary/aromatic N) is 1. The van der Waals surface area contributed by atoms with Crippen LogP contribution in [0.25, 0.3) is 0 Å². The Balaban J connectivity index is 1.93. The quantitative estimate of drug-likeness (QED) is 0.853. The number of hydrogen-bond acceptors (Lipinski definition) is 4. The molecule has 1 amide bonds. The van der Waals surface area contributed by atoms with Gasteiger partial charge in [-0.05, 0) is 19.1 Å². The lowest BCUT2D eigenvalue weighted by molar-refractivity contribution is -0.237. The fourth-order valence-corrected chi connectivity index (χ4v) is 2.58. The molecule has 0 unspecified atom stereocenters. The summed E-state index contributed by atoms with van der Waals surface area (Å²) < 4.78 is 5.59. The number of pyridine rings is 1. The van der Waals surface area contributed by atoms with E-state index in [9.17, 15) is 9.90 Å². The zero-order valence-corrected chi connectivity index (χ0v) is 12.2. The van der Waals surface area contributed by atoms with Crippen LogP contribution in [0.1, 0.15) is 37.7 Å². The summed E-state index contributed by atoms with van der Waals surface area (Å²) in [5.74, 6) is -0.269. The Bertz CT molecular complexity index is 475. The van der Waals surface area contributed by atoms with Crippen LogP contribution >= 0.6 is 0 Å². The standard InChI is InChI=1S/C15H22N2O3/c1-4-20-12-9-15(19,14(12,2)3)10-17-13(18)11-7-5-6-8-16-11/h5-8,12,19H,4,9-10H2,1-3H3,(H,17,18)/t12-,15-/m0/s1. The van der Waals surface area contributed by atoms with E-state index >= 15 is 0 Å². The topological polar surface area (TPSA) is 71.5 Å². The van der Waals surface area contributed by atoms with E-state index in [1.165, 1.54) is 0 Å². The number of amides is 1. The van der Waals surface area contributed by atoms with Crippen LogP contribution in [0.15, 0.2) is 24.4 Å². The maximum absolute atomic E-state index is 11.9. The molecule has 1 saturated carbocycles. The molecule has 1 aromatic rings. The predicted molar refractivity (Wildman–Crippen MR) is 75.3 cm³/mol. The second-order valence-corrected chi connectivity index (χ2v) is 5.80. The number of aliphatic hydroxyl groups is 1. The van der Waals surface area contributed by atoms with E-state index < -0.39 is 5.60 Å². The Morgan fingerprint density at radius 2 is 2.30 bits per heavy atom. The van der Waals surface area contributed by atoms with Gasteiger partial charge in [-0.3, -0.25) is 9.78 Å². The predicted octanol–water partition coefficient (Wildman–Crippen LogP) is 1.38. The SMILES string of the molecule is CCO[C@H]1C[C@](O)(CNC(=O)c2ccccn2)C1(C)C. The van der Waals surface area contributed by atoms with Crippen molar-refractivity contribution in [3.63, 3.8) is 0 Å². The molecule has 5 nitrogen and oxygen atoms in total. The number of carbonyl (C=O) groups excluding carboxylic acids is 1. The Morgan fingerprint density at radius 1 is 1.55 bits per heavy atom. The molecule has 0 spiro atoms. The fraction of sp³-hybridized carbons (Fsp3) is 0.600. The molecule has 0 radical (unpaired) electrons. The third-order valence-corrected chi connectivity index (χ3v) is 4.33. The highest BCUT2D eigenvalue weighted by Gasteiger charge is 2.59. The third kappa shape index (κ3) is 2.55. The smallest absolute Gasteiger partial charge is 0.269 e. The lowest BCUT2D eigenvalue weighted by Gasteiger charge is -2.57. The molecule has 20 heavy (non-hydrogen) atoms. The second kappa shape index (κ2) is 5.50. The van der Waals surface area contributed by atoms with Gasteiger partial charge in [0.1, 0.15) is 5.69 Å². The Morgan fingerprint density at radius 3 is 2.85 bits per heavy atom. The van der Waals surface area contributed by atoms with Gasteiger partial charge in [-0.25, -0.2) is 0 Å². The fourth-order valence-electron chi connectivity index (χ4n) is 2.58. The number of hydrogen-bond donors (Lipinski definition) is 2. The van der Waals surface area contributed by atoms with Crippen LogP contribution in [0.2, 0.25) is 0 Å². The van der Waals surface area contributed by atoms with Gasteiger partial charge in [0.05, 0.1) is 11.7 Å². The van der Waals surface area contributed by atoms with E-state index in [4.69, 9.17) is 4.74 Å². The molecule has 1 heterocycles. The average Bonchev–Trinajstić information content (AvgIpc) is 2.45. The van der Waals surface area contributed by atoms with Crippen molar-refractivity contribution in [1.29, 1.82) is 0 Å². The lowest BCUT2D eigenvalue weighted by atomic mass is 9.56. The minimum atomic E-state index is -0.933. The van der Waals surface area contributed by atoms with Crippen LogP contribution in [0, 0.1) is 5.41 Å². The minimum Gasteiger partial charge on any atom is -0.387 e. The van der Waals surface area contributed by atoms with Gasteiger partial charge in [-0.2, -0.15) is 0 Å². The zero-order valence-electron chi connectivity index (χ0n) is 12.2. The van der Waals surface area contributed by atoms with E-state index in [0.29, 0.717) is 18.7 Å². The van der Waals surface area contributed by atoms with Gasteiger partial charge in [-0.1, -0.05) is 19.9 Å². The molecule has 2 atom stereocenters. The van der Waals surface area contributed by atoms with Crippen LogP contribution in [-0.4, -0.2) is 40.9 Å². The first-order valence-electron chi connectivity index (χ1n) is 6.94. The molecular weight excluding hydrogens is 256 g/mol. The summed E-state index contributed by atoms with van der Waals surface area (Å²) in [6.45, 7) is 6.70. The van der Waals surface area contributed by atoms with Gasteiger partial charge < -0.3 is 15.2 Å². The molecule has 1 aliphatic rings. The summed E-state index contributed by atoms with van der Waals surface area (Å²) in [7, 11) is 0. The van der Waals surface area contributed by atoms with Crippen molar-refractivity contribution in [3.8, 4) is 0 Å². The zero-order chi connectivity index (χ0) is 14.8. The van der Waals surface area contributed by atoms with Gasteiger partial charge in [0.25, 0.3) is 5.91 Å². The molecule has 1 aliphatic carbocycles. The van der Waals surface area contributed by atoms with E-state index in [1.807, 2.05) is 20.8 Å². The van der Waals surface area contributed by atoms with Crippen molar-refractivity contribution in [2.24, 2.45) is 5.41 Å². The van der Waals surface area contributed by atoms with Crippen LogP contribution in [0.5, 0.6) is 0 Å². The maximum Gasteiger partial charge on any atom is 0.269 e.